The summed E-state index contributed by atoms with van der Waals surface area (Å²) in [7, 11) is 1.41. The molecule has 0 saturated carbocycles. The first-order valence-corrected chi connectivity index (χ1v) is 10.8. The summed E-state index contributed by atoms with van der Waals surface area (Å²) < 4.78 is 5.91. The Labute approximate surface area is 189 Å². The zero-order chi connectivity index (χ0) is 21.4. The number of esters is 1. The van der Waals surface area contributed by atoms with Crippen LogP contribution in [-0.4, -0.2) is 13.1 Å². The van der Waals surface area contributed by atoms with Crippen LogP contribution in [0.2, 0.25) is 0 Å². The number of ether oxygens (including phenoxy) is 1. The number of hydrogen-bond acceptors (Lipinski definition) is 2. The molecule has 31 heavy (non-hydrogen) atoms. The first-order chi connectivity index (χ1) is 15.2. The molecule has 0 bridgehead atoms. The number of methoxy groups -OCH3 is 1. The predicted molar refractivity (Wildman–Crippen MR) is 131 cm³/mol. The lowest BCUT2D eigenvalue weighted by Crippen LogP contribution is -2.04. The van der Waals surface area contributed by atoms with Gasteiger partial charge in [-0.2, -0.15) is 0 Å². The third kappa shape index (κ3) is 3.41. The van der Waals surface area contributed by atoms with Crippen LogP contribution in [-0.2, 0) is 4.74 Å². The van der Waals surface area contributed by atoms with Crippen LogP contribution in [0.1, 0.15) is 10.4 Å². The van der Waals surface area contributed by atoms with Gasteiger partial charge in [0.05, 0.1) is 12.7 Å². The van der Waals surface area contributed by atoms with Crippen LogP contribution in [0, 0.1) is 0 Å². The molecule has 150 valence electrons. The molecule has 3 heteroatoms. The number of carbonyl (C=O) groups excluding carboxylic acids is 1. The van der Waals surface area contributed by atoms with Crippen LogP contribution in [0.25, 0.3) is 43.8 Å². The average Bonchev–Trinajstić information content (AvgIpc) is 2.83. The first kappa shape index (κ1) is 19.5. The summed E-state index contributed by atoms with van der Waals surface area (Å²) in [5.74, 6) is -0.352. The highest BCUT2D eigenvalue weighted by Gasteiger charge is 2.18. The fourth-order valence-electron chi connectivity index (χ4n) is 4.26. The van der Waals surface area contributed by atoms with Crippen LogP contribution in [0.4, 0.5) is 0 Å². The molecule has 0 amide bonds. The molecule has 0 aliphatic rings. The predicted octanol–water partition coefficient (Wildman–Crippen LogP) is 7.88. The van der Waals surface area contributed by atoms with Crippen LogP contribution in [0.15, 0.2) is 102 Å². The van der Waals surface area contributed by atoms with Crippen molar-refractivity contribution in [3.63, 3.8) is 0 Å². The van der Waals surface area contributed by atoms with Gasteiger partial charge in [-0.05, 0) is 62.0 Å². The van der Waals surface area contributed by atoms with E-state index in [0.717, 1.165) is 26.7 Å². The maximum atomic E-state index is 12.6. The second-order valence-electron chi connectivity index (χ2n) is 7.42. The van der Waals surface area contributed by atoms with Crippen molar-refractivity contribution in [1.82, 2.24) is 0 Å². The minimum atomic E-state index is -0.352. The molecular weight excluding hydrogens is 448 g/mol. The molecule has 5 aromatic carbocycles. The Hall–Kier alpha value is -3.43. The van der Waals surface area contributed by atoms with Gasteiger partial charge in [0.1, 0.15) is 0 Å². The second-order valence-corrected chi connectivity index (χ2v) is 8.33. The molecule has 5 rings (SSSR count). The van der Waals surface area contributed by atoms with E-state index in [4.69, 9.17) is 4.74 Å². The second kappa shape index (κ2) is 8.01. The van der Waals surface area contributed by atoms with Crippen molar-refractivity contribution in [2.75, 3.05) is 7.11 Å². The molecule has 0 aliphatic carbocycles. The Morgan fingerprint density at radius 3 is 2.00 bits per heavy atom. The smallest absolute Gasteiger partial charge is 0.338 e. The summed E-state index contributed by atoms with van der Waals surface area (Å²) in [6.07, 6.45) is 0. The molecule has 2 nitrogen and oxygen atoms in total. The number of rotatable bonds is 3. The van der Waals surface area contributed by atoms with Gasteiger partial charge >= 0.3 is 5.97 Å². The third-order valence-electron chi connectivity index (χ3n) is 5.66. The standard InChI is InChI=1S/C28H19BrO2/c1-31-28(30)27-17-19(29)14-15-25(27)22-11-5-7-13-24(22)26-16-18-8-2-3-9-20(18)21-10-4-6-12-23(21)26/h2-17H,1H3. The first-order valence-electron chi connectivity index (χ1n) is 10.1. The highest BCUT2D eigenvalue weighted by Crippen LogP contribution is 2.40. The summed E-state index contributed by atoms with van der Waals surface area (Å²) in [4.78, 5) is 12.6. The zero-order valence-electron chi connectivity index (χ0n) is 16.9. The van der Waals surface area contributed by atoms with Crippen LogP contribution in [0.3, 0.4) is 0 Å². The van der Waals surface area contributed by atoms with Gasteiger partial charge in [-0.1, -0.05) is 94.8 Å². The summed E-state index contributed by atoms with van der Waals surface area (Å²) in [5, 5.41) is 4.83. The summed E-state index contributed by atoms with van der Waals surface area (Å²) >= 11 is 3.48. The van der Waals surface area contributed by atoms with E-state index >= 15 is 0 Å². The Bertz CT molecular complexity index is 1450. The maximum Gasteiger partial charge on any atom is 0.338 e. The van der Waals surface area contributed by atoms with Crippen LogP contribution >= 0.6 is 15.9 Å². The Kier molecular flexibility index (Phi) is 5.05. The molecule has 0 radical (unpaired) electrons. The van der Waals surface area contributed by atoms with Crippen LogP contribution < -0.4 is 0 Å². The molecule has 5 aromatic rings. The highest BCUT2D eigenvalue weighted by atomic mass is 79.9. The van der Waals surface area contributed by atoms with E-state index in [9.17, 15) is 4.79 Å². The molecule has 0 fully saturated rings. The van der Waals surface area contributed by atoms with Crippen molar-refractivity contribution in [1.29, 1.82) is 0 Å². The molecular formula is C28H19BrO2. The molecule has 0 saturated heterocycles. The Balaban J connectivity index is 1.85. The number of carbonyl (C=O) groups is 1. The Morgan fingerprint density at radius 2 is 1.26 bits per heavy atom. The molecule has 0 aromatic heterocycles. The van der Waals surface area contributed by atoms with Crippen molar-refractivity contribution in [2.24, 2.45) is 0 Å². The van der Waals surface area contributed by atoms with E-state index in [1.54, 1.807) is 0 Å². The molecule has 0 spiro atoms. The molecule has 0 heterocycles. The lowest BCUT2D eigenvalue weighted by Gasteiger charge is -2.16. The van der Waals surface area contributed by atoms with Gasteiger partial charge in [-0.3, -0.25) is 0 Å². The average molecular weight is 467 g/mol. The van der Waals surface area contributed by atoms with E-state index in [1.807, 2.05) is 30.3 Å². The van der Waals surface area contributed by atoms with Gasteiger partial charge in [-0.25, -0.2) is 4.79 Å². The fraction of sp³-hybridized carbons (Fsp3) is 0.0357. The van der Waals surface area contributed by atoms with Gasteiger partial charge in [0.25, 0.3) is 0 Å². The quantitative estimate of drug-likeness (QED) is 0.199. The summed E-state index contributed by atoms with van der Waals surface area (Å²) in [5.41, 5.74) is 4.61. The maximum absolute atomic E-state index is 12.6. The van der Waals surface area contributed by atoms with E-state index in [0.29, 0.717) is 5.56 Å². The van der Waals surface area contributed by atoms with Gasteiger partial charge in [0.15, 0.2) is 0 Å². The van der Waals surface area contributed by atoms with Crippen molar-refractivity contribution in [2.45, 2.75) is 0 Å². The van der Waals surface area contributed by atoms with E-state index in [2.05, 4.69) is 82.7 Å². The van der Waals surface area contributed by atoms with Gasteiger partial charge in [0.2, 0.25) is 0 Å². The lowest BCUT2D eigenvalue weighted by atomic mass is 9.88. The van der Waals surface area contributed by atoms with Gasteiger partial charge < -0.3 is 4.74 Å². The zero-order valence-corrected chi connectivity index (χ0v) is 18.5. The minimum absolute atomic E-state index is 0.352. The van der Waals surface area contributed by atoms with Gasteiger partial charge in [0, 0.05) is 4.47 Å². The van der Waals surface area contributed by atoms with E-state index in [-0.39, 0.29) is 5.97 Å². The van der Waals surface area contributed by atoms with E-state index in [1.165, 1.54) is 28.7 Å². The van der Waals surface area contributed by atoms with Gasteiger partial charge in [-0.15, -0.1) is 0 Å². The summed E-state index contributed by atoms with van der Waals surface area (Å²) in [6, 6.07) is 33.2. The largest absolute Gasteiger partial charge is 0.465 e. The van der Waals surface area contributed by atoms with Crippen molar-refractivity contribution >= 4 is 43.4 Å². The molecule has 0 unspecified atom stereocenters. The monoisotopic (exact) mass is 466 g/mol. The lowest BCUT2D eigenvalue weighted by molar-refractivity contribution is 0.0601. The van der Waals surface area contributed by atoms with E-state index < -0.39 is 0 Å². The topological polar surface area (TPSA) is 26.3 Å². The minimum Gasteiger partial charge on any atom is -0.465 e. The third-order valence-corrected chi connectivity index (χ3v) is 6.16. The van der Waals surface area contributed by atoms with Crippen molar-refractivity contribution < 1.29 is 9.53 Å². The van der Waals surface area contributed by atoms with Crippen LogP contribution in [0.5, 0.6) is 0 Å². The normalized spacial score (nSPS) is 11.0. The molecule has 0 aliphatic heterocycles. The fourth-order valence-corrected chi connectivity index (χ4v) is 4.62. The van der Waals surface area contributed by atoms with Crippen molar-refractivity contribution in [3.05, 3.63) is 107 Å². The number of benzene rings is 5. The SMILES string of the molecule is COC(=O)c1cc(Br)ccc1-c1ccccc1-c1cc2ccccc2c2ccccc12. The number of fused-ring (bicyclic) bond motifs is 3. The summed E-state index contributed by atoms with van der Waals surface area (Å²) in [6.45, 7) is 0. The van der Waals surface area contributed by atoms with Crippen molar-refractivity contribution in [3.8, 4) is 22.3 Å². The highest BCUT2D eigenvalue weighted by molar-refractivity contribution is 9.10. The Morgan fingerprint density at radius 1 is 0.645 bits per heavy atom. The molecule has 0 N–H and O–H groups in total. The number of halogens is 1. The molecule has 0 atom stereocenters. The number of hydrogen-bond donors (Lipinski definition) is 0.